The van der Waals surface area contributed by atoms with Gasteiger partial charge in [-0.3, -0.25) is 4.90 Å². The average molecular weight is 397 g/mol. The first-order valence-corrected chi connectivity index (χ1v) is 8.83. The molecule has 28 heavy (non-hydrogen) atoms. The maximum Gasteiger partial charge on any atom is 0.233 e. The molecule has 2 heterocycles. The highest BCUT2D eigenvalue weighted by molar-refractivity contribution is 6.28. The zero-order valence-corrected chi connectivity index (χ0v) is 16.3. The number of anilines is 2. The molecule has 8 heteroatoms. The van der Waals surface area contributed by atoms with E-state index in [1.54, 1.807) is 25.2 Å². The molecule has 7 nitrogen and oxygen atoms in total. The normalized spacial score (nSPS) is 10.9. The second kappa shape index (κ2) is 7.36. The Hall–Kier alpha value is -3.32. The molecule has 0 unspecified atom stereocenters. The third-order valence-electron chi connectivity index (χ3n) is 4.37. The number of fused-ring (bicyclic) bond motifs is 1. The highest BCUT2D eigenvalue weighted by Crippen LogP contribution is 2.37. The lowest BCUT2D eigenvalue weighted by molar-refractivity contribution is 0.356. The maximum atomic E-state index is 6.16. The van der Waals surface area contributed by atoms with Crippen LogP contribution in [-0.2, 0) is 0 Å². The molecular weight excluding hydrogens is 380 g/mol. The number of nitrogens with zero attached hydrogens (tertiary/aromatic N) is 4. The summed E-state index contributed by atoms with van der Waals surface area (Å²) in [5.41, 5.74) is 2.32. The van der Waals surface area contributed by atoms with Crippen molar-refractivity contribution in [3.05, 3.63) is 53.8 Å². The van der Waals surface area contributed by atoms with Gasteiger partial charge in [0.2, 0.25) is 11.2 Å². The lowest BCUT2D eigenvalue weighted by Gasteiger charge is -2.17. The van der Waals surface area contributed by atoms with Crippen molar-refractivity contribution in [2.45, 2.75) is 0 Å². The Kier molecular flexibility index (Phi) is 4.75. The van der Waals surface area contributed by atoms with Gasteiger partial charge in [-0.1, -0.05) is 35.5 Å². The lowest BCUT2D eigenvalue weighted by atomic mass is 10.1. The first-order valence-electron chi connectivity index (χ1n) is 8.46. The molecule has 0 bridgehead atoms. The van der Waals surface area contributed by atoms with Crippen LogP contribution in [0.4, 0.5) is 11.7 Å². The fraction of sp³-hybridized carbons (Fsp3) is 0.150. The number of halogens is 1. The van der Waals surface area contributed by atoms with Crippen LogP contribution < -0.4 is 14.4 Å². The molecule has 0 radical (unpaired) electrons. The van der Waals surface area contributed by atoms with E-state index in [2.05, 4.69) is 15.1 Å². The monoisotopic (exact) mass is 396 g/mol. The van der Waals surface area contributed by atoms with Crippen molar-refractivity contribution in [1.82, 2.24) is 15.1 Å². The van der Waals surface area contributed by atoms with Crippen molar-refractivity contribution in [1.29, 1.82) is 0 Å². The summed E-state index contributed by atoms with van der Waals surface area (Å²) in [6.07, 6.45) is 0. The molecule has 0 atom stereocenters. The standard InChI is InChI=1S/C20H17ClN4O3/c1-25(18-11-14(24-28-18)12-7-5-4-6-8-12)19-13-9-16(26-2)17(27-3)10-15(13)22-20(21)23-19/h4-11H,1-3H3. The first-order chi connectivity index (χ1) is 13.6. The molecule has 4 aromatic rings. The van der Waals surface area contributed by atoms with Gasteiger partial charge in [0.1, 0.15) is 11.5 Å². The number of rotatable bonds is 5. The second-order valence-corrected chi connectivity index (χ2v) is 6.35. The van der Waals surface area contributed by atoms with Crippen LogP contribution in [0.15, 0.2) is 53.1 Å². The molecule has 0 spiro atoms. The Morgan fingerprint density at radius 1 is 0.964 bits per heavy atom. The Labute approximate surface area is 166 Å². The van der Waals surface area contributed by atoms with Gasteiger partial charge in [0.15, 0.2) is 11.5 Å². The van der Waals surface area contributed by atoms with Gasteiger partial charge in [0.05, 0.1) is 19.7 Å². The molecule has 0 saturated carbocycles. The predicted molar refractivity (Wildman–Crippen MR) is 108 cm³/mol. The van der Waals surface area contributed by atoms with E-state index in [1.807, 2.05) is 49.5 Å². The molecule has 2 aromatic carbocycles. The van der Waals surface area contributed by atoms with Crippen LogP contribution in [0.25, 0.3) is 22.2 Å². The van der Waals surface area contributed by atoms with Crippen LogP contribution in [0.3, 0.4) is 0 Å². The minimum atomic E-state index is 0.115. The number of benzene rings is 2. The van der Waals surface area contributed by atoms with E-state index >= 15 is 0 Å². The largest absolute Gasteiger partial charge is 0.493 e. The van der Waals surface area contributed by atoms with Crippen molar-refractivity contribution in [2.24, 2.45) is 0 Å². The third kappa shape index (κ3) is 3.20. The number of aromatic nitrogens is 3. The second-order valence-electron chi connectivity index (χ2n) is 6.02. The molecule has 0 N–H and O–H groups in total. The first kappa shape index (κ1) is 18.1. The molecule has 0 saturated heterocycles. The van der Waals surface area contributed by atoms with E-state index in [-0.39, 0.29) is 5.28 Å². The van der Waals surface area contributed by atoms with E-state index in [4.69, 9.17) is 25.6 Å². The minimum absolute atomic E-state index is 0.115. The number of ether oxygens (including phenoxy) is 2. The van der Waals surface area contributed by atoms with Gasteiger partial charge in [0.25, 0.3) is 0 Å². The predicted octanol–water partition coefficient (Wildman–Crippen LogP) is 4.72. The van der Waals surface area contributed by atoms with Crippen molar-refractivity contribution >= 4 is 34.2 Å². The Morgan fingerprint density at radius 3 is 2.39 bits per heavy atom. The summed E-state index contributed by atoms with van der Waals surface area (Å²) in [6, 6.07) is 15.2. The Morgan fingerprint density at radius 2 is 1.68 bits per heavy atom. The topological polar surface area (TPSA) is 73.5 Å². The SMILES string of the molecule is COc1cc2nc(Cl)nc(N(C)c3cc(-c4ccccc4)no3)c2cc1OC. The molecule has 4 rings (SSSR count). The molecule has 0 aliphatic heterocycles. The summed E-state index contributed by atoms with van der Waals surface area (Å²) in [6.45, 7) is 0. The van der Waals surface area contributed by atoms with Crippen LogP contribution in [0, 0.1) is 0 Å². The quantitative estimate of drug-likeness (QED) is 0.452. The van der Waals surface area contributed by atoms with Crippen molar-refractivity contribution < 1.29 is 14.0 Å². The molecule has 2 aromatic heterocycles. The van der Waals surface area contributed by atoms with E-state index in [9.17, 15) is 0 Å². The molecule has 0 fully saturated rings. The van der Waals surface area contributed by atoms with Gasteiger partial charge in [-0.2, -0.15) is 4.98 Å². The van der Waals surface area contributed by atoms with Gasteiger partial charge in [-0.05, 0) is 17.7 Å². The maximum absolute atomic E-state index is 6.16. The van der Waals surface area contributed by atoms with Gasteiger partial charge in [-0.25, -0.2) is 4.98 Å². The van der Waals surface area contributed by atoms with Crippen LogP contribution >= 0.6 is 11.6 Å². The zero-order valence-electron chi connectivity index (χ0n) is 15.5. The molecule has 0 aliphatic rings. The zero-order chi connectivity index (χ0) is 19.7. The van der Waals surface area contributed by atoms with Crippen molar-refractivity contribution in [2.75, 3.05) is 26.2 Å². The average Bonchev–Trinajstić information content (AvgIpc) is 3.22. The van der Waals surface area contributed by atoms with Gasteiger partial charge in [-0.15, -0.1) is 0 Å². The number of hydrogen-bond donors (Lipinski definition) is 0. The molecule has 142 valence electrons. The van der Waals surface area contributed by atoms with Crippen molar-refractivity contribution in [3.63, 3.8) is 0 Å². The Bertz CT molecular complexity index is 1130. The van der Waals surface area contributed by atoms with Crippen molar-refractivity contribution in [3.8, 4) is 22.8 Å². The molecular formula is C20H17ClN4O3. The molecule has 0 amide bonds. The van der Waals surface area contributed by atoms with Crippen LogP contribution in [0.5, 0.6) is 11.5 Å². The van der Waals surface area contributed by atoms with Crippen LogP contribution in [-0.4, -0.2) is 36.4 Å². The van der Waals surface area contributed by atoms with E-state index in [0.717, 1.165) is 16.6 Å². The summed E-state index contributed by atoms with van der Waals surface area (Å²) >= 11 is 6.16. The highest BCUT2D eigenvalue weighted by atomic mass is 35.5. The minimum Gasteiger partial charge on any atom is -0.493 e. The van der Waals surface area contributed by atoms with Gasteiger partial charge >= 0.3 is 0 Å². The van der Waals surface area contributed by atoms with E-state index in [0.29, 0.717) is 28.7 Å². The summed E-state index contributed by atoms with van der Waals surface area (Å²) in [5, 5.41) is 5.01. The fourth-order valence-corrected chi connectivity index (χ4v) is 3.11. The van der Waals surface area contributed by atoms with Crippen LogP contribution in [0.1, 0.15) is 0 Å². The Balaban J connectivity index is 1.81. The highest BCUT2D eigenvalue weighted by Gasteiger charge is 2.19. The summed E-state index contributed by atoms with van der Waals surface area (Å²) in [7, 11) is 4.97. The fourth-order valence-electron chi connectivity index (χ4n) is 2.94. The number of hydrogen-bond acceptors (Lipinski definition) is 7. The molecule has 0 aliphatic carbocycles. The van der Waals surface area contributed by atoms with Crippen LogP contribution in [0.2, 0.25) is 5.28 Å². The summed E-state index contributed by atoms with van der Waals surface area (Å²) < 4.78 is 16.3. The summed E-state index contributed by atoms with van der Waals surface area (Å²) in [5.74, 6) is 2.21. The smallest absolute Gasteiger partial charge is 0.233 e. The lowest BCUT2D eigenvalue weighted by Crippen LogP contribution is -2.12. The third-order valence-corrected chi connectivity index (χ3v) is 4.54. The van der Waals surface area contributed by atoms with E-state index in [1.165, 1.54) is 0 Å². The van der Waals surface area contributed by atoms with Gasteiger partial charge in [0, 0.05) is 30.1 Å². The van der Waals surface area contributed by atoms with Gasteiger partial charge < -0.3 is 14.0 Å². The van der Waals surface area contributed by atoms with E-state index < -0.39 is 0 Å². The summed E-state index contributed by atoms with van der Waals surface area (Å²) in [4.78, 5) is 10.4. The number of methoxy groups -OCH3 is 2.